The number of alkyl halides is 2. The first-order chi connectivity index (χ1) is 10.5. The van der Waals surface area contributed by atoms with Gasteiger partial charge in [0.25, 0.3) is 0 Å². The molecule has 2 unspecified atom stereocenters. The van der Waals surface area contributed by atoms with Gasteiger partial charge >= 0.3 is 15.4 Å². The molecule has 0 radical (unpaired) electrons. The number of hydrogen-bond acceptors (Lipinski definition) is 5. The fourth-order valence-corrected chi connectivity index (χ4v) is 5.25. The Morgan fingerprint density at radius 2 is 1.78 bits per heavy atom. The minimum absolute atomic E-state index is 0.00365. The molecule has 0 heterocycles. The number of hydrogen-bond donors (Lipinski definition) is 2. The number of halogens is 2. The van der Waals surface area contributed by atoms with Gasteiger partial charge in [0, 0.05) is 13.5 Å². The lowest BCUT2D eigenvalue weighted by Crippen LogP contribution is -2.63. The highest BCUT2D eigenvalue weighted by atomic mass is 32.2. The van der Waals surface area contributed by atoms with Gasteiger partial charge in [-0.25, -0.2) is 0 Å². The Kier molecular flexibility index (Phi) is 4.04. The first-order valence-corrected chi connectivity index (χ1v) is 9.13. The second-order valence-electron chi connectivity index (χ2n) is 7.42. The minimum Gasteiger partial charge on any atom is -0.390 e. The normalized spacial score (nSPS) is 43.1. The highest BCUT2D eigenvalue weighted by molar-refractivity contribution is 7.86. The number of methoxy groups -OCH3 is 1. The zero-order chi connectivity index (χ0) is 17.1. The Morgan fingerprint density at radius 3 is 2.26 bits per heavy atom. The fraction of sp³-hybridized carbons (Fsp3) is 1.00. The topological polar surface area (TPSA) is 93.1 Å². The second-order valence-corrected chi connectivity index (χ2v) is 8.96. The maximum Gasteiger partial charge on any atom is 0.392 e. The van der Waals surface area contributed by atoms with Crippen LogP contribution in [0.25, 0.3) is 0 Å². The average Bonchev–Trinajstić information content (AvgIpc) is 2.39. The third-order valence-electron chi connectivity index (χ3n) is 5.81. The third kappa shape index (κ3) is 3.02. The maximum atomic E-state index is 13.2. The molecular formula is C14H22F2O6S. The van der Waals surface area contributed by atoms with Gasteiger partial charge in [0.05, 0.1) is 17.8 Å². The maximum absolute atomic E-state index is 13.2. The molecule has 4 aliphatic rings. The Bertz CT molecular complexity index is 562. The van der Waals surface area contributed by atoms with E-state index in [9.17, 15) is 22.3 Å². The van der Waals surface area contributed by atoms with Crippen molar-refractivity contribution in [1.29, 1.82) is 0 Å². The van der Waals surface area contributed by atoms with E-state index in [0.717, 1.165) is 12.8 Å². The van der Waals surface area contributed by atoms with Gasteiger partial charge < -0.3 is 14.6 Å². The molecule has 0 aromatic heterocycles. The summed E-state index contributed by atoms with van der Waals surface area (Å²) >= 11 is 0. The Balaban J connectivity index is 1.63. The van der Waals surface area contributed by atoms with Gasteiger partial charge in [-0.2, -0.15) is 17.2 Å². The molecule has 4 rings (SSSR count). The van der Waals surface area contributed by atoms with E-state index in [1.54, 1.807) is 7.11 Å². The lowest BCUT2D eigenvalue weighted by molar-refractivity contribution is -0.236. The summed E-state index contributed by atoms with van der Waals surface area (Å²) in [4.78, 5) is 0. The average molecular weight is 356 g/mol. The molecule has 2 N–H and O–H groups in total. The van der Waals surface area contributed by atoms with Crippen molar-refractivity contribution >= 4 is 10.1 Å². The van der Waals surface area contributed by atoms with Crippen LogP contribution in [0.4, 0.5) is 8.78 Å². The van der Waals surface area contributed by atoms with Crippen LogP contribution in [0.2, 0.25) is 0 Å². The van der Waals surface area contributed by atoms with E-state index in [-0.39, 0.29) is 30.0 Å². The van der Waals surface area contributed by atoms with Crippen molar-refractivity contribution in [3.63, 3.8) is 0 Å². The molecule has 0 aromatic carbocycles. The van der Waals surface area contributed by atoms with E-state index in [4.69, 9.17) is 14.0 Å². The molecule has 2 atom stereocenters. The van der Waals surface area contributed by atoms with Crippen LogP contribution in [0.3, 0.4) is 0 Å². The minimum atomic E-state index is -5.47. The summed E-state index contributed by atoms with van der Waals surface area (Å²) in [6.45, 7) is -1.36. The van der Waals surface area contributed by atoms with E-state index in [1.165, 1.54) is 0 Å². The van der Waals surface area contributed by atoms with Crippen LogP contribution in [0.1, 0.15) is 32.1 Å². The Labute approximate surface area is 133 Å². The molecule has 0 saturated heterocycles. The van der Waals surface area contributed by atoms with Gasteiger partial charge in [0.1, 0.15) is 6.61 Å². The summed E-state index contributed by atoms with van der Waals surface area (Å²) in [6.07, 6.45) is 3.31. The van der Waals surface area contributed by atoms with Crippen molar-refractivity contribution in [2.75, 3.05) is 20.3 Å². The second kappa shape index (κ2) is 5.32. The molecule has 0 amide bonds. The van der Waals surface area contributed by atoms with E-state index in [1.807, 2.05) is 0 Å². The Hall–Kier alpha value is -0.350. The lowest BCUT2D eigenvalue weighted by Gasteiger charge is -2.62. The van der Waals surface area contributed by atoms with Crippen LogP contribution in [0.15, 0.2) is 0 Å². The summed E-state index contributed by atoms with van der Waals surface area (Å²) in [6, 6.07) is 0. The van der Waals surface area contributed by atoms with Crippen LogP contribution >= 0.6 is 0 Å². The van der Waals surface area contributed by atoms with Crippen molar-refractivity contribution in [3.05, 3.63) is 0 Å². The molecule has 0 aliphatic heterocycles. The van der Waals surface area contributed by atoms with Gasteiger partial charge in [-0.3, -0.25) is 4.55 Å². The quantitative estimate of drug-likeness (QED) is 0.700. The van der Waals surface area contributed by atoms with Gasteiger partial charge in [-0.15, -0.1) is 0 Å². The number of ether oxygens (including phenoxy) is 2. The summed E-state index contributed by atoms with van der Waals surface area (Å²) in [5.41, 5.74) is -1.09. The van der Waals surface area contributed by atoms with Gasteiger partial charge in [0.2, 0.25) is 0 Å². The summed E-state index contributed by atoms with van der Waals surface area (Å²) in [7, 11) is -3.83. The third-order valence-corrected chi connectivity index (χ3v) is 6.68. The van der Waals surface area contributed by atoms with Gasteiger partial charge in [-0.05, 0) is 43.4 Å². The van der Waals surface area contributed by atoms with E-state index >= 15 is 0 Å². The van der Waals surface area contributed by atoms with Crippen molar-refractivity contribution in [1.82, 2.24) is 0 Å². The van der Waals surface area contributed by atoms with Crippen LogP contribution < -0.4 is 0 Å². The molecule has 6 nitrogen and oxygen atoms in total. The molecule has 23 heavy (non-hydrogen) atoms. The summed E-state index contributed by atoms with van der Waals surface area (Å²) in [5.74, 6) is 0.220. The van der Waals surface area contributed by atoms with E-state index in [2.05, 4.69) is 0 Å². The first kappa shape index (κ1) is 17.5. The van der Waals surface area contributed by atoms with E-state index in [0.29, 0.717) is 19.3 Å². The monoisotopic (exact) mass is 356 g/mol. The molecule has 9 heteroatoms. The number of aliphatic hydroxyl groups is 1. The predicted octanol–water partition coefficient (Wildman–Crippen LogP) is 1.44. The molecular weight excluding hydrogens is 334 g/mol. The lowest BCUT2D eigenvalue weighted by atomic mass is 9.48. The number of rotatable bonds is 6. The predicted molar refractivity (Wildman–Crippen MR) is 75.6 cm³/mol. The van der Waals surface area contributed by atoms with Crippen molar-refractivity contribution in [2.24, 2.45) is 17.8 Å². The Morgan fingerprint density at radius 1 is 1.22 bits per heavy atom. The van der Waals surface area contributed by atoms with E-state index < -0.39 is 27.6 Å². The highest BCUT2D eigenvalue weighted by Gasteiger charge is 2.61. The summed E-state index contributed by atoms with van der Waals surface area (Å²) < 4.78 is 66.6. The zero-order valence-electron chi connectivity index (χ0n) is 12.9. The van der Waals surface area contributed by atoms with Gasteiger partial charge in [0.15, 0.2) is 0 Å². The SMILES string of the molecule is COC12CC3CC(O)(CC(C1)C3COCC(F)(F)S(=O)(=O)O)C2. The fourth-order valence-electron chi connectivity index (χ4n) is 5.02. The van der Waals surface area contributed by atoms with Crippen LogP contribution in [-0.2, 0) is 19.6 Å². The van der Waals surface area contributed by atoms with Crippen LogP contribution in [0.5, 0.6) is 0 Å². The summed E-state index contributed by atoms with van der Waals surface area (Å²) in [5, 5.41) is 6.32. The van der Waals surface area contributed by atoms with Crippen LogP contribution in [0, 0.1) is 17.8 Å². The smallest absolute Gasteiger partial charge is 0.390 e. The van der Waals surface area contributed by atoms with Crippen molar-refractivity contribution in [3.8, 4) is 0 Å². The molecule has 0 spiro atoms. The zero-order valence-corrected chi connectivity index (χ0v) is 13.7. The van der Waals surface area contributed by atoms with Crippen molar-refractivity contribution < 1.29 is 36.3 Å². The van der Waals surface area contributed by atoms with Gasteiger partial charge in [-0.1, -0.05) is 0 Å². The standard InChI is InChI=1S/C14H22F2O6S/c1-21-13-4-9-2-12(17,7-13)3-10(5-13)11(9)6-22-8-14(15,16)23(18,19)20/h9-11,17H,2-8H2,1H3,(H,18,19,20). The highest BCUT2D eigenvalue weighted by Crippen LogP contribution is 2.61. The largest absolute Gasteiger partial charge is 0.392 e. The molecule has 4 fully saturated rings. The first-order valence-electron chi connectivity index (χ1n) is 7.69. The molecule has 4 aliphatic carbocycles. The molecule has 4 bridgehead atoms. The van der Waals surface area contributed by atoms with Crippen LogP contribution in [-0.4, -0.2) is 54.9 Å². The molecule has 4 saturated carbocycles. The van der Waals surface area contributed by atoms with Crippen molar-refractivity contribution in [2.45, 2.75) is 48.6 Å². The molecule has 134 valence electrons. The molecule has 0 aromatic rings.